The summed E-state index contributed by atoms with van der Waals surface area (Å²) in [6.07, 6.45) is 1.05. The topological polar surface area (TPSA) is 139 Å². The Hall–Kier alpha value is -6.04. The fourth-order valence-electron chi connectivity index (χ4n) is 5.32. The van der Waals surface area contributed by atoms with Crippen LogP contribution in [0.25, 0.3) is 27.6 Å². The second-order valence-electron chi connectivity index (χ2n) is 11.8. The SMILES string of the molecule is CNC(=O)c1c(-c2cc(OC)c(OC)c(OC)c2)c2ccc(OCc3ccccn3)cc2c(=O)n1-c1ccc(NC(=O)OC(C)(C)C)cc1. The molecule has 0 saturated carbocycles. The van der Waals surface area contributed by atoms with Gasteiger partial charge in [0, 0.05) is 30.2 Å². The van der Waals surface area contributed by atoms with Gasteiger partial charge in [-0.3, -0.25) is 24.5 Å². The quantitative estimate of drug-likeness (QED) is 0.174. The molecule has 2 amide bonds. The fourth-order valence-corrected chi connectivity index (χ4v) is 5.32. The molecule has 0 aliphatic carbocycles. The fraction of sp³-hybridized carbons (Fsp3) is 0.243. The molecule has 0 fully saturated rings. The molecule has 12 nitrogen and oxygen atoms in total. The molecule has 5 aromatic rings. The Balaban J connectivity index is 1.76. The number of ether oxygens (including phenoxy) is 5. The molecule has 2 aromatic heterocycles. The molecule has 0 radical (unpaired) electrons. The second-order valence-corrected chi connectivity index (χ2v) is 11.8. The molecule has 254 valence electrons. The van der Waals surface area contributed by atoms with Crippen LogP contribution < -0.4 is 35.1 Å². The van der Waals surface area contributed by atoms with E-state index >= 15 is 0 Å². The molecule has 0 bridgehead atoms. The van der Waals surface area contributed by atoms with E-state index in [1.165, 1.54) is 32.9 Å². The lowest BCUT2D eigenvalue weighted by molar-refractivity contribution is 0.0635. The van der Waals surface area contributed by atoms with Crippen LogP contribution in [-0.2, 0) is 11.3 Å². The zero-order valence-corrected chi connectivity index (χ0v) is 28.4. The van der Waals surface area contributed by atoms with E-state index in [0.29, 0.717) is 56.6 Å². The van der Waals surface area contributed by atoms with Gasteiger partial charge < -0.3 is 29.0 Å². The number of fused-ring (bicyclic) bond motifs is 1. The number of rotatable bonds is 10. The Labute approximate surface area is 283 Å². The molecular formula is C37H38N4O8. The van der Waals surface area contributed by atoms with Crippen LogP contribution in [0.2, 0.25) is 0 Å². The van der Waals surface area contributed by atoms with Crippen molar-refractivity contribution >= 4 is 28.5 Å². The highest BCUT2D eigenvalue weighted by molar-refractivity contribution is 6.09. The number of benzene rings is 3. The van der Waals surface area contributed by atoms with Crippen LogP contribution in [0.1, 0.15) is 37.0 Å². The molecule has 2 N–H and O–H groups in total. The van der Waals surface area contributed by atoms with Crippen molar-refractivity contribution in [3.63, 3.8) is 0 Å². The van der Waals surface area contributed by atoms with Gasteiger partial charge in [-0.15, -0.1) is 0 Å². The minimum absolute atomic E-state index is 0.0595. The Morgan fingerprint density at radius 2 is 1.55 bits per heavy atom. The number of anilines is 1. The molecule has 12 heteroatoms. The average Bonchev–Trinajstić information content (AvgIpc) is 3.09. The van der Waals surface area contributed by atoms with Gasteiger partial charge in [0.25, 0.3) is 11.5 Å². The number of nitrogens with zero attached hydrogens (tertiary/aromatic N) is 2. The van der Waals surface area contributed by atoms with Crippen LogP contribution in [0.3, 0.4) is 0 Å². The summed E-state index contributed by atoms with van der Waals surface area (Å²) in [4.78, 5) is 45.1. The first kappa shape index (κ1) is 34.3. The summed E-state index contributed by atoms with van der Waals surface area (Å²) in [6.45, 7) is 5.48. The van der Waals surface area contributed by atoms with E-state index in [0.717, 1.165) is 0 Å². The van der Waals surface area contributed by atoms with E-state index in [2.05, 4.69) is 15.6 Å². The van der Waals surface area contributed by atoms with E-state index in [1.807, 2.05) is 18.2 Å². The smallest absolute Gasteiger partial charge is 0.412 e. The molecule has 0 aliphatic heterocycles. The maximum absolute atomic E-state index is 14.5. The maximum atomic E-state index is 14.5. The van der Waals surface area contributed by atoms with Gasteiger partial charge in [-0.1, -0.05) is 6.07 Å². The Bertz CT molecular complexity index is 2030. The molecule has 0 saturated heterocycles. The van der Waals surface area contributed by atoms with Crippen LogP contribution in [0.5, 0.6) is 23.0 Å². The lowest BCUT2D eigenvalue weighted by atomic mass is 9.95. The predicted octanol–water partition coefficient (Wildman–Crippen LogP) is 6.36. The van der Waals surface area contributed by atoms with Crippen LogP contribution >= 0.6 is 0 Å². The van der Waals surface area contributed by atoms with E-state index in [1.54, 1.807) is 81.6 Å². The standard InChI is InChI=1S/C37H38N4O8/c1-37(2,3)49-36(44)40-23-11-13-25(14-12-23)41-32(34(42)38-4)31(22-18-29(45-5)33(47-7)30(19-22)46-6)27-16-15-26(20-28(27)35(41)43)48-21-24-10-8-9-17-39-24/h8-20H,21H2,1-7H3,(H,38,42)(H,40,44). The van der Waals surface area contributed by atoms with Crippen LogP contribution in [-0.4, -0.2) is 55.5 Å². The molecule has 0 atom stereocenters. The third-order valence-corrected chi connectivity index (χ3v) is 7.43. The zero-order chi connectivity index (χ0) is 35.3. The molecule has 0 unspecified atom stereocenters. The number of hydrogen-bond acceptors (Lipinski definition) is 9. The van der Waals surface area contributed by atoms with Gasteiger partial charge in [0.2, 0.25) is 5.75 Å². The highest BCUT2D eigenvalue weighted by Gasteiger charge is 2.26. The molecular weight excluding hydrogens is 628 g/mol. The summed E-state index contributed by atoms with van der Waals surface area (Å²) >= 11 is 0. The predicted molar refractivity (Wildman–Crippen MR) is 186 cm³/mol. The average molecular weight is 667 g/mol. The monoisotopic (exact) mass is 666 g/mol. The zero-order valence-electron chi connectivity index (χ0n) is 28.4. The number of amides is 2. The van der Waals surface area contributed by atoms with Gasteiger partial charge >= 0.3 is 6.09 Å². The van der Waals surface area contributed by atoms with Crippen molar-refractivity contribution in [3.8, 4) is 39.8 Å². The molecule has 3 aromatic carbocycles. The Morgan fingerprint density at radius 1 is 0.857 bits per heavy atom. The van der Waals surface area contributed by atoms with Gasteiger partial charge in [-0.25, -0.2) is 4.79 Å². The van der Waals surface area contributed by atoms with Gasteiger partial charge in [0.1, 0.15) is 23.7 Å². The number of pyridine rings is 2. The van der Waals surface area contributed by atoms with Crippen molar-refractivity contribution in [1.29, 1.82) is 0 Å². The largest absolute Gasteiger partial charge is 0.493 e. The van der Waals surface area contributed by atoms with Crippen molar-refractivity contribution in [2.24, 2.45) is 0 Å². The van der Waals surface area contributed by atoms with Crippen molar-refractivity contribution < 1.29 is 33.3 Å². The lowest BCUT2D eigenvalue weighted by Crippen LogP contribution is -2.31. The van der Waals surface area contributed by atoms with Gasteiger partial charge in [0.05, 0.1) is 32.4 Å². The molecule has 0 spiro atoms. The summed E-state index contributed by atoms with van der Waals surface area (Å²) < 4.78 is 29.6. The number of methoxy groups -OCH3 is 3. The summed E-state index contributed by atoms with van der Waals surface area (Å²) in [5, 5.41) is 6.15. The van der Waals surface area contributed by atoms with Gasteiger partial charge in [-0.05, 0) is 98.5 Å². The van der Waals surface area contributed by atoms with Crippen LogP contribution in [0.15, 0.2) is 83.8 Å². The van der Waals surface area contributed by atoms with Crippen molar-refractivity contribution in [2.75, 3.05) is 33.7 Å². The van der Waals surface area contributed by atoms with Crippen molar-refractivity contribution in [3.05, 3.63) is 101 Å². The lowest BCUT2D eigenvalue weighted by Gasteiger charge is -2.22. The first-order valence-corrected chi connectivity index (χ1v) is 15.4. The molecule has 5 rings (SSSR count). The van der Waals surface area contributed by atoms with Gasteiger partial charge in [0.15, 0.2) is 11.5 Å². The Kier molecular flexibility index (Phi) is 10.1. The minimum atomic E-state index is -0.686. The summed E-state index contributed by atoms with van der Waals surface area (Å²) in [5.41, 5.74) is 1.38. The van der Waals surface area contributed by atoms with Crippen LogP contribution in [0, 0.1) is 0 Å². The maximum Gasteiger partial charge on any atom is 0.412 e. The summed E-state index contributed by atoms with van der Waals surface area (Å²) in [6, 6.07) is 20.6. The first-order valence-electron chi connectivity index (χ1n) is 15.4. The number of hydrogen-bond donors (Lipinski definition) is 2. The third kappa shape index (κ3) is 7.43. The van der Waals surface area contributed by atoms with E-state index in [-0.39, 0.29) is 17.7 Å². The van der Waals surface area contributed by atoms with Gasteiger partial charge in [-0.2, -0.15) is 0 Å². The first-order chi connectivity index (χ1) is 23.5. The normalized spacial score (nSPS) is 11.1. The van der Waals surface area contributed by atoms with E-state index in [9.17, 15) is 14.4 Å². The van der Waals surface area contributed by atoms with Crippen LogP contribution in [0.4, 0.5) is 10.5 Å². The highest BCUT2D eigenvalue weighted by Crippen LogP contribution is 2.44. The number of carbonyl (C=O) groups excluding carboxylic acids is 2. The Morgan fingerprint density at radius 3 is 2.12 bits per heavy atom. The molecule has 0 aliphatic rings. The van der Waals surface area contributed by atoms with E-state index in [4.69, 9.17) is 23.7 Å². The summed E-state index contributed by atoms with van der Waals surface area (Å²) in [5.74, 6) is 1.000. The number of carbonyl (C=O) groups is 2. The highest BCUT2D eigenvalue weighted by atomic mass is 16.6. The molecule has 2 heterocycles. The minimum Gasteiger partial charge on any atom is -0.493 e. The number of aromatic nitrogens is 2. The van der Waals surface area contributed by atoms with E-state index < -0.39 is 23.2 Å². The number of nitrogens with one attached hydrogen (secondary N) is 2. The van der Waals surface area contributed by atoms with Crippen molar-refractivity contribution in [1.82, 2.24) is 14.9 Å². The third-order valence-electron chi connectivity index (χ3n) is 7.43. The summed E-state index contributed by atoms with van der Waals surface area (Å²) in [7, 11) is 5.98. The molecule has 49 heavy (non-hydrogen) atoms. The van der Waals surface area contributed by atoms with Crippen molar-refractivity contribution in [2.45, 2.75) is 33.0 Å². The second kappa shape index (κ2) is 14.4.